The van der Waals surface area contributed by atoms with Crippen LogP contribution in [0.4, 0.5) is 0 Å². The highest BCUT2D eigenvalue weighted by Gasteiger charge is 2.23. The Morgan fingerprint density at radius 1 is 1.47 bits per heavy atom. The average Bonchev–Trinajstić information content (AvgIpc) is 2.91. The van der Waals surface area contributed by atoms with Crippen molar-refractivity contribution in [1.29, 1.82) is 0 Å². The molecule has 1 aliphatic heterocycles. The summed E-state index contributed by atoms with van der Waals surface area (Å²) >= 11 is 0. The molecule has 0 atom stereocenters. The third kappa shape index (κ3) is 2.66. The molecule has 1 aliphatic rings. The molecule has 0 spiro atoms. The number of hydrogen-bond donors (Lipinski definition) is 0. The summed E-state index contributed by atoms with van der Waals surface area (Å²) in [7, 11) is 0. The van der Waals surface area contributed by atoms with Crippen LogP contribution in [0.25, 0.3) is 0 Å². The van der Waals surface area contributed by atoms with Gasteiger partial charge in [0.05, 0.1) is 6.61 Å². The molecule has 17 heavy (non-hydrogen) atoms. The highest BCUT2D eigenvalue weighted by atomic mass is 16.5. The summed E-state index contributed by atoms with van der Waals surface area (Å²) in [5.41, 5.74) is 1.20. The van der Waals surface area contributed by atoms with Gasteiger partial charge in [-0.25, -0.2) is 4.79 Å². The van der Waals surface area contributed by atoms with Crippen LogP contribution in [0, 0.1) is 6.92 Å². The summed E-state index contributed by atoms with van der Waals surface area (Å²) in [5, 5.41) is 3.80. The van der Waals surface area contributed by atoms with Crippen molar-refractivity contribution in [3.63, 3.8) is 0 Å². The first kappa shape index (κ1) is 12.1. The van der Waals surface area contributed by atoms with Gasteiger partial charge in [-0.05, 0) is 39.8 Å². The van der Waals surface area contributed by atoms with E-state index in [-0.39, 0.29) is 0 Å². The quantitative estimate of drug-likeness (QED) is 0.748. The number of likely N-dealkylation sites (tertiary alicyclic amines) is 1. The Balaban J connectivity index is 2.13. The first-order valence-corrected chi connectivity index (χ1v) is 6.07. The van der Waals surface area contributed by atoms with Crippen LogP contribution in [0.1, 0.15) is 41.6 Å². The fourth-order valence-electron chi connectivity index (χ4n) is 2.10. The standard InChI is InChI=1S/C12H18N2O3/c1-3-16-12(15)11-10(9(2)17-13-11)8-14-6-4-5-7-14/h3-8H2,1-2H3. The van der Waals surface area contributed by atoms with Gasteiger partial charge in [0.25, 0.3) is 0 Å². The minimum atomic E-state index is -0.390. The minimum Gasteiger partial charge on any atom is -0.461 e. The van der Waals surface area contributed by atoms with Crippen molar-refractivity contribution in [3.8, 4) is 0 Å². The summed E-state index contributed by atoms with van der Waals surface area (Å²) in [6.45, 7) is 6.85. The number of carbonyl (C=O) groups excluding carboxylic acids is 1. The van der Waals surface area contributed by atoms with E-state index in [0.717, 1.165) is 25.2 Å². The van der Waals surface area contributed by atoms with Crippen LogP contribution in [0.15, 0.2) is 4.52 Å². The van der Waals surface area contributed by atoms with E-state index >= 15 is 0 Å². The van der Waals surface area contributed by atoms with Gasteiger partial charge < -0.3 is 9.26 Å². The Kier molecular flexibility index (Phi) is 3.78. The summed E-state index contributed by atoms with van der Waals surface area (Å²) in [4.78, 5) is 14.0. The first-order valence-electron chi connectivity index (χ1n) is 6.07. The number of esters is 1. The van der Waals surface area contributed by atoms with Gasteiger partial charge in [-0.2, -0.15) is 0 Å². The second-order valence-corrected chi connectivity index (χ2v) is 4.27. The Hall–Kier alpha value is -1.36. The van der Waals surface area contributed by atoms with Crippen LogP contribution >= 0.6 is 0 Å². The predicted octanol–water partition coefficient (Wildman–Crippen LogP) is 1.76. The molecule has 5 heteroatoms. The Labute approximate surface area is 101 Å². The van der Waals surface area contributed by atoms with Gasteiger partial charge in [0.1, 0.15) is 5.76 Å². The van der Waals surface area contributed by atoms with Crippen molar-refractivity contribution >= 4 is 5.97 Å². The molecule has 0 aromatic carbocycles. The summed E-state index contributed by atoms with van der Waals surface area (Å²) < 4.78 is 10.1. The molecule has 0 amide bonds. The monoisotopic (exact) mass is 238 g/mol. The van der Waals surface area contributed by atoms with E-state index in [0.29, 0.717) is 18.1 Å². The molecule has 1 aromatic rings. The van der Waals surface area contributed by atoms with Crippen molar-refractivity contribution < 1.29 is 14.1 Å². The molecule has 2 rings (SSSR count). The zero-order valence-electron chi connectivity index (χ0n) is 10.4. The summed E-state index contributed by atoms with van der Waals surface area (Å²) in [6.07, 6.45) is 2.44. The van der Waals surface area contributed by atoms with E-state index in [4.69, 9.17) is 9.26 Å². The molecule has 1 fully saturated rings. The molecule has 0 aliphatic carbocycles. The van der Waals surface area contributed by atoms with E-state index in [9.17, 15) is 4.79 Å². The van der Waals surface area contributed by atoms with E-state index in [1.807, 2.05) is 6.92 Å². The first-order chi connectivity index (χ1) is 8.22. The molecule has 0 unspecified atom stereocenters. The maximum atomic E-state index is 11.7. The number of aromatic nitrogens is 1. The van der Waals surface area contributed by atoms with Crippen LogP contribution in [-0.4, -0.2) is 35.7 Å². The van der Waals surface area contributed by atoms with Gasteiger partial charge in [0.15, 0.2) is 5.69 Å². The smallest absolute Gasteiger partial charge is 0.360 e. The lowest BCUT2D eigenvalue weighted by molar-refractivity contribution is 0.0512. The third-order valence-electron chi connectivity index (χ3n) is 3.03. The van der Waals surface area contributed by atoms with Crippen molar-refractivity contribution in [2.45, 2.75) is 33.2 Å². The van der Waals surface area contributed by atoms with Gasteiger partial charge in [0.2, 0.25) is 0 Å². The van der Waals surface area contributed by atoms with Gasteiger partial charge in [-0.3, -0.25) is 4.90 Å². The number of carbonyl (C=O) groups is 1. The van der Waals surface area contributed by atoms with Crippen LogP contribution < -0.4 is 0 Å². The Morgan fingerprint density at radius 2 is 2.18 bits per heavy atom. The highest BCUT2D eigenvalue weighted by Crippen LogP contribution is 2.19. The summed E-state index contributed by atoms with van der Waals surface area (Å²) in [6, 6.07) is 0. The van der Waals surface area contributed by atoms with Crippen LogP contribution in [0.2, 0.25) is 0 Å². The molecule has 94 valence electrons. The van der Waals surface area contributed by atoms with Crippen LogP contribution in [-0.2, 0) is 11.3 Å². The fraction of sp³-hybridized carbons (Fsp3) is 0.667. The van der Waals surface area contributed by atoms with Crippen molar-refractivity contribution in [3.05, 3.63) is 17.0 Å². The van der Waals surface area contributed by atoms with Crippen LogP contribution in [0.3, 0.4) is 0 Å². The van der Waals surface area contributed by atoms with Gasteiger partial charge in [-0.1, -0.05) is 5.16 Å². The SMILES string of the molecule is CCOC(=O)c1noc(C)c1CN1CCCC1. The van der Waals surface area contributed by atoms with Crippen molar-refractivity contribution in [2.24, 2.45) is 0 Å². The van der Waals surface area contributed by atoms with Crippen LogP contribution in [0.5, 0.6) is 0 Å². The molecule has 0 N–H and O–H groups in total. The molecule has 2 heterocycles. The van der Waals surface area contributed by atoms with E-state index in [2.05, 4.69) is 10.1 Å². The van der Waals surface area contributed by atoms with E-state index in [1.54, 1.807) is 6.92 Å². The van der Waals surface area contributed by atoms with E-state index < -0.39 is 5.97 Å². The number of nitrogens with zero attached hydrogens (tertiary/aromatic N) is 2. The zero-order valence-corrected chi connectivity index (χ0v) is 10.4. The molecule has 1 aromatic heterocycles. The maximum Gasteiger partial charge on any atom is 0.360 e. The fourth-order valence-corrected chi connectivity index (χ4v) is 2.10. The minimum absolute atomic E-state index is 0.330. The summed E-state index contributed by atoms with van der Waals surface area (Å²) in [5.74, 6) is 0.318. The molecule has 0 bridgehead atoms. The normalized spacial score (nSPS) is 16.4. The maximum absolute atomic E-state index is 11.7. The average molecular weight is 238 g/mol. The lowest BCUT2D eigenvalue weighted by atomic mass is 10.2. The number of ether oxygens (including phenoxy) is 1. The molecule has 1 saturated heterocycles. The topological polar surface area (TPSA) is 55.6 Å². The lowest BCUT2D eigenvalue weighted by Crippen LogP contribution is -2.20. The highest BCUT2D eigenvalue weighted by molar-refractivity contribution is 5.88. The molecule has 0 radical (unpaired) electrons. The molecular weight excluding hydrogens is 220 g/mol. The van der Waals surface area contributed by atoms with Crippen molar-refractivity contribution in [1.82, 2.24) is 10.1 Å². The van der Waals surface area contributed by atoms with Gasteiger partial charge in [-0.15, -0.1) is 0 Å². The van der Waals surface area contributed by atoms with E-state index in [1.165, 1.54) is 12.8 Å². The molecule has 5 nitrogen and oxygen atoms in total. The number of rotatable bonds is 4. The molecule has 0 saturated carbocycles. The second kappa shape index (κ2) is 5.31. The Bertz CT molecular complexity index is 394. The second-order valence-electron chi connectivity index (χ2n) is 4.27. The Morgan fingerprint density at radius 3 is 2.82 bits per heavy atom. The lowest BCUT2D eigenvalue weighted by Gasteiger charge is -2.13. The van der Waals surface area contributed by atoms with Crippen molar-refractivity contribution in [2.75, 3.05) is 19.7 Å². The largest absolute Gasteiger partial charge is 0.461 e. The number of hydrogen-bond acceptors (Lipinski definition) is 5. The zero-order chi connectivity index (χ0) is 12.3. The predicted molar refractivity (Wildman–Crippen MR) is 61.7 cm³/mol. The van der Waals surface area contributed by atoms with Gasteiger partial charge in [0, 0.05) is 12.1 Å². The van der Waals surface area contributed by atoms with Gasteiger partial charge >= 0.3 is 5.97 Å². The number of aryl methyl sites for hydroxylation is 1. The molecular formula is C12H18N2O3. The third-order valence-corrected chi connectivity index (χ3v) is 3.03.